The van der Waals surface area contributed by atoms with Crippen LogP contribution in [0.15, 0.2) is 30.0 Å². The van der Waals surface area contributed by atoms with E-state index < -0.39 is 0 Å². The van der Waals surface area contributed by atoms with Gasteiger partial charge in [0.05, 0.1) is 18.1 Å². The minimum absolute atomic E-state index is 0.242. The average Bonchev–Trinajstić information content (AvgIpc) is 3.49. The Balaban J connectivity index is 1.07. The third-order valence-electron chi connectivity index (χ3n) is 6.52. The van der Waals surface area contributed by atoms with E-state index in [-0.39, 0.29) is 5.91 Å². The summed E-state index contributed by atoms with van der Waals surface area (Å²) >= 11 is 1.83. The monoisotopic (exact) mass is 454 g/mol. The summed E-state index contributed by atoms with van der Waals surface area (Å²) in [5, 5.41) is 7.41. The van der Waals surface area contributed by atoms with Gasteiger partial charge in [0.15, 0.2) is 5.65 Å². The maximum Gasteiger partial charge on any atom is 0.236 e. The minimum atomic E-state index is 0.242. The summed E-state index contributed by atoms with van der Waals surface area (Å²) in [4.78, 5) is 32.2. The standard InChI is InChI=1S/C22H30N8OS/c1-26-21-19(15-25-26)22(24-17-23-21)30-12-10-29(11-13-30)20(31)16-28-8-6-27(7-9-28)5-4-18-3-2-14-32-18/h2-3,14-15,17H,4-13,16H2,1H3. The maximum absolute atomic E-state index is 12.9. The normalized spacial score (nSPS) is 18.5. The Bertz CT molecular complexity index is 1040. The average molecular weight is 455 g/mol. The van der Waals surface area contributed by atoms with E-state index >= 15 is 0 Å². The molecule has 0 atom stereocenters. The van der Waals surface area contributed by atoms with Crippen LogP contribution in [-0.2, 0) is 18.3 Å². The van der Waals surface area contributed by atoms with Gasteiger partial charge >= 0.3 is 0 Å². The van der Waals surface area contributed by atoms with E-state index in [0.717, 1.165) is 82.2 Å². The largest absolute Gasteiger partial charge is 0.352 e. The molecule has 2 fully saturated rings. The summed E-state index contributed by atoms with van der Waals surface area (Å²) < 4.78 is 1.77. The molecule has 0 radical (unpaired) electrons. The molecule has 2 aliphatic heterocycles. The van der Waals surface area contributed by atoms with Gasteiger partial charge < -0.3 is 14.7 Å². The lowest BCUT2D eigenvalue weighted by Crippen LogP contribution is -2.54. The van der Waals surface area contributed by atoms with Gasteiger partial charge in [0, 0.05) is 70.8 Å². The van der Waals surface area contributed by atoms with E-state index in [0.29, 0.717) is 6.54 Å². The van der Waals surface area contributed by atoms with Crippen LogP contribution in [-0.4, -0.2) is 106 Å². The number of amides is 1. The Hall–Kier alpha value is -2.56. The van der Waals surface area contributed by atoms with Gasteiger partial charge in [-0.25, -0.2) is 9.97 Å². The molecule has 9 nitrogen and oxygen atoms in total. The number of aromatic nitrogens is 4. The zero-order chi connectivity index (χ0) is 21.9. The van der Waals surface area contributed by atoms with Gasteiger partial charge in [0.2, 0.25) is 5.91 Å². The molecule has 0 saturated carbocycles. The summed E-state index contributed by atoms with van der Waals surface area (Å²) in [7, 11) is 1.89. The number of carbonyl (C=O) groups excluding carboxylic acids is 1. The Morgan fingerprint density at radius 1 is 1.03 bits per heavy atom. The van der Waals surface area contributed by atoms with Crippen LogP contribution in [0.4, 0.5) is 5.82 Å². The molecule has 1 amide bonds. The second-order valence-electron chi connectivity index (χ2n) is 8.52. The first-order valence-corrected chi connectivity index (χ1v) is 12.2. The number of hydrogen-bond acceptors (Lipinski definition) is 8. The minimum Gasteiger partial charge on any atom is -0.352 e. The number of carbonyl (C=O) groups is 1. The fourth-order valence-corrected chi connectivity index (χ4v) is 5.25. The molecule has 0 aromatic carbocycles. The zero-order valence-electron chi connectivity index (χ0n) is 18.6. The lowest BCUT2D eigenvalue weighted by molar-refractivity contribution is -0.133. The highest BCUT2D eigenvalue weighted by Gasteiger charge is 2.26. The van der Waals surface area contributed by atoms with Crippen LogP contribution in [0.3, 0.4) is 0 Å². The molecule has 170 valence electrons. The smallest absolute Gasteiger partial charge is 0.236 e. The molecule has 10 heteroatoms. The maximum atomic E-state index is 12.9. The van der Waals surface area contributed by atoms with Crippen LogP contribution in [0.1, 0.15) is 4.88 Å². The number of piperazine rings is 2. The summed E-state index contributed by atoms with van der Waals surface area (Å²) in [6.45, 7) is 8.68. The number of nitrogens with zero attached hydrogens (tertiary/aromatic N) is 8. The molecule has 5 rings (SSSR count). The number of thiophene rings is 1. The van der Waals surface area contributed by atoms with Crippen molar-refractivity contribution in [1.29, 1.82) is 0 Å². The van der Waals surface area contributed by atoms with Gasteiger partial charge in [0.25, 0.3) is 0 Å². The van der Waals surface area contributed by atoms with Crippen LogP contribution in [0.2, 0.25) is 0 Å². The van der Waals surface area contributed by atoms with Gasteiger partial charge in [-0.3, -0.25) is 14.4 Å². The highest BCUT2D eigenvalue weighted by Crippen LogP contribution is 2.23. The third kappa shape index (κ3) is 4.62. The Labute approximate surface area is 192 Å². The highest BCUT2D eigenvalue weighted by atomic mass is 32.1. The van der Waals surface area contributed by atoms with Crippen molar-refractivity contribution in [1.82, 2.24) is 34.4 Å². The molecule has 5 heterocycles. The van der Waals surface area contributed by atoms with Crippen molar-refractivity contribution in [3.05, 3.63) is 34.9 Å². The molecule has 3 aromatic heterocycles. The van der Waals surface area contributed by atoms with Crippen molar-refractivity contribution < 1.29 is 4.79 Å². The van der Waals surface area contributed by atoms with Gasteiger partial charge in [-0.15, -0.1) is 11.3 Å². The second kappa shape index (κ2) is 9.51. The van der Waals surface area contributed by atoms with E-state index in [4.69, 9.17) is 0 Å². The van der Waals surface area contributed by atoms with Crippen molar-refractivity contribution in [2.75, 3.05) is 70.3 Å². The lowest BCUT2D eigenvalue weighted by atomic mass is 10.2. The van der Waals surface area contributed by atoms with Crippen molar-refractivity contribution in [3.63, 3.8) is 0 Å². The molecule has 0 unspecified atom stereocenters. The number of hydrogen-bond donors (Lipinski definition) is 0. The van der Waals surface area contributed by atoms with Gasteiger partial charge in [0.1, 0.15) is 12.1 Å². The third-order valence-corrected chi connectivity index (χ3v) is 7.45. The predicted molar refractivity (Wildman–Crippen MR) is 126 cm³/mol. The fraction of sp³-hybridized carbons (Fsp3) is 0.545. The van der Waals surface area contributed by atoms with Crippen LogP contribution in [0.5, 0.6) is 0 Å². The van der Waals surface area contributed by atoms with Crippen molar-refractivity contribution >= 4 is 34.1 Å². The summed E-state index contributed by atoms with van der Waals surface area (Å²) in [5.41, 5.74) is 0.836. The van der Waals surface area contributed by atoms with E-state index in [1.807, 2.05) is 29.5 Å². The molecular formula is C22H30N8OS. The molecule has 0 N–H and O–H groups in total. The molecule has 32 heavy (non-hydrogen) atoms. The molecule has 3 aromatic rings. The second-order valence-corrected chi connectivity index (χ2v) is 9.55. The molecule has 0 spiro atoms. The van der Waals surface area contributed by atoms with Crippen LogP contribution in [0.25, 0.3) is 11.0 Å². The van der Waals surface area contributed by atoms with Crippen molar-refractivity contribution in [3.8, 4) is 0 Å². The fourth-order valence-electron chi connectivity index (χ4n) is 4.55. The first-order valence-electron chi connectivity index (χ1n) is 11.3. The number of fused-ring (bicyclic) bond motifs is 1. The molecule has 2 aliphatic rings. The quantitative estimate of drug-likeness (QED) is 0.549. The van der Waals surface area contributed by atoms with E-state index in [2.05, 4.69) is 47.3 Å². The first kappa shape index (κ1) is 21.3. The van der Waals surface area contributed by atoms with Crippen molar-refractivity contribution in [2.45, 2.75) is 6.42 Å². The van der Waals surface area contributed by atoms with E-state index in [9.17, 15) is 4.79 Å². The van der Waals surface area contributed by atoms with Gasteiger partial charge in [-0.05, 0) is 17.9 Å². The van der Waals surface area contributed by atoms with Crippen LogP contribution >= 0.6 is 11.3 Å². The Kier molecular flexibility index (Phi) is 6.33. The predicted octanol–water partition coefficient (Wildman–Crippen LogP) is 0.934. The number of rotatable bonds is 6. The summed E-state index contributed by atoms with van der Waals surface area (Å²) in [6.07, 6.45) is 4.54. The van der Waals surface area contributed by atoms with Crippen molar-refractivity contribution in [2.24, 2.45) is 7.05 Å². The molecule has 0 aliphatic carbocycles. The number of aryl methyl sites for hydroxylation is 1. The van der Waals surface area contributed by atoms with Gasteiger partial charge in [-0.2, -0.15) is 5.10 Å². The topological polar surface area (TPSA) is 73.6 Å². The molecular weight excluding hydrogens is 424 g/mol. The van der Waals surface area contributed by atoms with E-state index in [1.54, 1.807) is 11.0 Å². The zero-order valence-corrected chi connectivity index (χ0v) is 19.4. The highest BCUT2D eigenvalue weighted by molar-refractivity contribution is 7.09. The van der Waals surface area contributed by atoms with Crippen LogP contribution in [0, 0.1) is 0 Å². The Morgan fingerprint density at radius 3 is 2.56 bits per heavy atom. The molecule has 2 saturated heterocycles. The number of anilines is 1. The Morgan fingerprint density at radius 2 is 1.81 bits per heavy atom. The first-order chi connectivity index (χ1) is 15.7. The van der Waals surface area contributed by atoms with Gasteiger partial charge in [-0.1, -0.05) is 6.07 Å². The summed E-state index contributed by atoms with van der Waals surface area (Å²) in [6, 6.07) is 4.33. The molecule has 0 bridgehead atoms. The summed E-state index contributed by atoms with van der Waals surface area (Å²) in [5.74, 6) is 1.15. The van der Waals surface area contributed by atoms with E-state index in [1.165, 1.54) is 4.88 Å². The van der Waals surface area contributed by atoms with Crippen LogP contribution < -0.4 is 4.90 Å². The SMILES string of the molecule is Cn1ncc2c(N3CCN(C(=O)CN4CCN(CCc5cccs5)CC4)CC3)ncnc21. The lowest BCUT2D eigenvalue weighted by Gasteiger charge is -2.38.